The molecule has 0 atom stereocenters. The molecule has 162 valence electrons. The van der Waals surface area contributed by atoms with E-state index in [-0.39, 0.29) is 6.09 Å². The second-order valence-electron chi connectivity index (χ2n) is 8.23. The maximum absolute atomic E-state index is 12.3. The van der Waals surface area contributed by atoms with Crippen LogP contribution in [0.25, 0.3) is 0 Å². The molecule has 0 bridgehead atoms. The van der Waals surface area contributed by atoms with Crippen molar-refractivity contribution in [1.29, 1.82) is 0 Å². The molecular formula is C22H30N4O4. The Balaban J connectivity index is 1.72. The van der Waals surface area contributed by atoms with Crippen LogP contribution in [0.5, 0.6) is 11.8 Å². The molecule has 1 aromatic carbocycles. The van der Waals surface area contributed by atoms with Crippen molar-refractivity contribution in [3.8, 4) is 11.8 Å². The molecule has 1 aromatic heterocycles. The van der Waals surface area contributed by atoms with Crippen LogP contribution in [0.3, 0.4) is 0 Å². The second kappa shape index (κ2) is 9.19. The SMILES string of the molecule is COc1cc(OC)nc(Nc2ccccc2C2CCN(C(=O)OC(C)(C)C)CC2)n1. The van der Waals surface area contributed by atoms with E-state index in [1.807, 2.05) is 39.0 Å². The highest BCUT2D eigenvalue weighted by Gasteiger charge is 2.28. The third kappa shape index (κ3) is 5.52. The van der Waals surface area contributed by atoms with E-state index >= 15 is 0 Å². The van der Waals surface area contributed by atoms with Crippen molar-refractivity contribution in [3.63, 3.8) is 0 Å². The molecule has 0 unspecified atom stereocenters. The Hall–Kier alpha value is -3.03. The minimum Gasteiger partial charge on any atom is -0.481 e. The number of rotatable bonds is 5. The average molecular weight is 415 g/mol. The Kier molecular flexibility index (Phi) is 6.64. The van der Waals surface area contributed by atoms with Crippen molar-refractivity contribution in [2.75, 3.05) is 32.6 Å². The van der Waals surface area contributed by atoms with Gasteiger partial charge >= 0.3 is 6.09 Å². The van der Waals surface area contributed by atoms with Crippen LogP contribution in [0.15, 0.2) is 30.3 Å². The molecule has 1 saturated heterocycles. The van der Waals surface area contributed by atoms with Gasteiger partial charge in [-0.25, -0.2) is 4.79 Å². The molecule has 1 N–H and O–H groups in total. The van der Waals surface area contributed by atoms with Gasteiger partial charge in [-0.15, -0.1) is 0 Å². The number of nitrogens with zero attached hydrogens (tertiary/aromatic N) is 3. The highest BCUT2D eigenvalue weighted by molar-refractivity contribution is 5.68. The number of hydrogen-bond donors (Lipinski definition) is 1. The molecule has 0 spiro atoms. The number of carbonyl (C=O) groups excluding carboxylic acids is 1. The minimum atomic E-state index is -0.484. The minimum absolute atomic E-state index is 0.246. The number of piperidine rings is 1. The van der Waals surface area contributed by atoms with Crippen LogP contribution in [0.4, 0.5) is 16.4 Å². The fourth-order valence-corrected chi connectivity index (χ4v) is 3.46. The Labute approximate surface area is 177 Å². The van der Waals surface area contributed by atoms with Gasteiger partial charge in [-0.2, -0.15) is 9.97 Å². The van der Waals surface area contributed by atoms with Gasteiger partial charge in [0.05, 0.1) is 20.3 Å². The van der Waals surface area contributed by atoms with Crippen LogP contribution < -0.4 is 14.8 Å². The van der Waals surface area contributed by atoms with Gasteiger partial charge < -0.3 is 24.4 Å². The average Bonchev–Trinajstić information content (AvgIpc) is 2.72. The number of amides is 1. The predicted molar refractivity (Wildman–Crippen MR) is 115 cm³/mol. The topological polar surface area (TPSA) is 85.8 Å². The molecule has 0 aliphatic carbocycles. The standard InChI is InChI=1S/C22H30N4O4/c1-22(2,3)30-21(27)26-12-10-15(11-13-26)16-8-6-7-9-17(16)23-20-24-18(28-4)14-19(25-20)29-5/h6-9,14-15H,10-13H2,1-5H3,(H,23,24,25). The lowest BCUT2D eigenvalue weighted by Crippen LogP contribution is -2.41. The van der Waals surface area contributed by atoms with Gasteiger partial charge in [-0.1, -0.05) is 18.2 Å². The Morgan fingerprint density at radius 1 is 1.07 bits per heavy atom. The van der Waals surface area contributed by atoms with Crippen molar-refractivity contribution in [3.05, 3.63) is 35.9 Å². The number of likely N-dealkylation sites (tertiary alicyclic amines) is 1. The maximum Gasteiger partial charge on any atom is 0.410 e. The number of carbonyl (C=O) groups is 1. The highest BCUT2D eigenvalue weighted by Crippen LogP contribution is 2.34. The molecule has 8 nitrogen and oxygen atoms in total. The van der Waals surface area contributed by atoms with Crippen LogP contribution in [-0.2, 0) is 4.74 Å². The van der Waals surface area contributed by atoms with Gasteiger partial charge in [0.2, 0.25) is 17.7 Å². The van der Waals surface area contributed by atoms with E-state index in [2.05, 4.69) is 21.4 Å². The summed E-state index contributed by atoms with van der Waals surface area (Å²) in [5.41, 5.74) is 1.62. The summed E-state index contributed by atoms with van der Waals surface area (Å²) < 4.78 is 16.0. The van der Waals surface area contributed by atoms with E-state index in [9.17, 15) is 4.79 Å². The van der Waals surface area contributed by atoms with Crippen LogP contribution in [0.1, 0.15) is 45.1 Å². The summed E-state index contributed by atoms with van der Waals surface area (Å²) in [4.78, 5) is 22.8. The van der Waals surface area contributed by atoms with Crippen LogP contribution in [0, 0.1) is 0 Å². The third-order valence-corrected chi connectivity index (χ3v) is 4.89. The molecule has 1 aliphatic heterocycles. The first-order valence-corrected chi connectivity index (χ1v) is 10.1. The van der Waals surface area contributed by atoms with Gasteiger partial charge in [-0.05, 0) is 51.2 Å². The summed E-state index contributed by atoms with van der Waals surface area (Å²) >= 11 is 0. The van der Waals surface area contributed by atoms with E-state index in [0.717, 1.165) is 18.5 Å². The predicted octanol–water partition coefficient (Wildman–Crippen LogP) is 4.35. The lowest BCUT2D eigenvalue weighted by Gasteiger charge is -2.34. The molecular weight excluding hydrogens is 384 g/mol. The van der Waals surface area contributed by atoms with Gasteiger partial charge in [0, 0.05) is 18.8 Å². The number of aromatic nitrogens is 2. The van der Waals surface area contributed by atoms with Crippen LogP contribution in [0.2, 0.25) is 0 Å². The number of ether oxygens (including phenoxy) is 3. The first-order chi connectivity index (χ1) is 14.3. The van der Waals surface area contributed by atoms with E-state index in [4.69, 9.17) is 14.2 Å². The van der Waals surface area contributed by atoms with Gasteiger partial charge in [0.1, 0.15) is 5.60 Å². The lowest BCUT2D eigenvalue weighted by molar-refractivity contribution is 0.0205. The molecule has 0 radical (unpaired) electrons. The Bertz CT molecular complexity index is 851. The number of para-hydroxylation sites is 1. The fraction of sp³-hybridized carbons (Fsp3) is 0.500. The summed E-state index contributed by atoms with van der Waals surface area (Å²) in [7, 11) is 3.11. The summed E-state index contributed by atoms with van der Waals surface area (Å²) in [6.07, 6.45) is 1.48. The zero-order valence-corrected chi connectivity index (χ0v) is 18.3. The molecule has 3 rings (SSSR count). The van der Waals surface area contributed by atoms with Gasteiger partial charge in [-0.3, -0.25) is 0 Å². The maximum atomic E-state index is 12.3. The van der Waals surface area contributed by atoms with Gasteiger partial charge in [0.15, 0.2) is 0 Å². The number of methoxy groups -OCH3 is 2. The third-order valence-electron chi connectivity index (χ3n) is 4.89. The number of anilines is 2. The summed E-state index contributed by atoms with van der Waals surface area (Å²) in [6.45, 7) is 6.98. The molecule has 2 aromatic rings. The number of hydrogen-bond acceptors (Lipinski definition) is 7. The Morgan fingerprint density at radius 2 is 1.67 bits per heavy atom. The first kappa shape index (κ1) is 21.7. The van der Waals surface area contributed by atoms with Crippen molar-refractivity contribution in [1.82, 2.24) is 14.9 Å². The second-order valence-corrected chi connectivity index (χ2v) is 8.23. The normalized spacial score (nSPS) is 14.9. The van der Waals surface area contributed by atoms with E-state index < -0.39 is 5.60 Å². The van der Waals surface area contributed by atoms with Crippen molar-refractivity contribution in [2.45, 2.75) is 45.1 Å². The molecule has 30 heavy (non-hydrogen) atoms. The van der Waals surface area contributed by atoms with E-state index in [0.29, 0.717) is 36.7 Å². The number of nitrogens with one attached hydrogen (secondary N) is 1. The first-order valence-electron chi connectivity index (χ1n) is 10.1. The quantitative estimate of drug-likeness (QED) is 0.778. The zero-order valence-electron chi connectivity index (χ0n) is 18.3. The summed E-state index contributed by atoms with van der Waals surface area (Å²) in [6, 6.07) is 9.73. The monoisotopic (exact) mass is 414 g/mol. The lowest BCUT2D eigenvalue weighted by atomic mass is 9.88. The molecule has 0 saturated carbocycles. The Morgan fingerprint density at radius 3 is 2.23 bits per heavy atom. The fourth-order valence-electron chi connectivity index (χ4n) is 3.46. The van der Waals surface area contributed by atoms with Crippen molar-refractivity contribution in [2.24, 2.45) is 0 Å². The smallest absolute Gasteiger partial charge is 0.410 e. The van der Waals surface area contributed by atoms with E-state index in [1.165, 1.54) is 5.56 Å². The van der Waals surface area contributed by atoms with Crippen LogP contribution >= 0.6 is 0 Å². The van der Waals surface area contributed by atoms with Crippen molar-refractivity contribution >= 4 is 17.7 Å². The largest absolute Gasteiger partial charge is 0.481 e. The number of benzene rings is 1. The summed E-state index contributed by atoms with van der Waals surface area (Å²) in [5.74, 6) is 1.57. The molecule has 1 fully saturated rings. The van der Waals surface area contributed by atoms with Gasteiger partial charge in [0.25, 0.3) is 0 Å². The molecule has 1 aliphatic rings. The molecule has 2 heterocycles. The molecule has 1 amide bonds. The van der Waals surface area contributed by atoms with Crippen LogP contribution in [-0.4, -0.2) is 53.9 Å². The highest BCUT2D eigenvalue weighted by atomic mass is 16.6. The summed E-state index contributed by atoms with van der Waals surface area (Å²) in [5, 5.41) is 3.30. The van der Waals surface area contributed by atoms with E-state index in [1.54, 1.807) is 25.2 Å². The molecule has 8 heteroatoms. The zero-order chi connectivity index (χ0) is 21.7. The van der Waals surface area contributed by atoms with Crippen molar-refractivity contribution < 1.29 is 19.0 Å².